The van der Waals surface area contributed by atoms with Gasteiger partial charge in [0.05, 0.1) is 17.7 Å². The van der Waals surface area contributed by atoms with Crippen LogP contribution in [0.3, 0.4) is 0 Å². The molecule has 0 saturated heterocycles. The zero-order valence-electron chi connectivity index (χ0n) is 19.6. The van der Waals surface area contributed by atoms with Crippen molar-refractivity contribution in [2.75, 3.05) is 17.7 Å². The van der Waals surface area contributed by atoms with E-state index in [-0.39, 0.29) is 18.1 Å². The summed E-state index contributed by atoms with van der Waals surface area (Å²) in [5, 5.41) is 9.39. The molecular weight excluding hydrogens is 436 g/mol. The number of hydrogen-bond donors (Lipinski definition) is 3. The first-order chi connectivity index (χ1) is 15.7. The lowest BCUT2D eigenvalue weighted by atomic mass is 9.95. The Morgan fingerprint density at radius 1 is 1.06 bits per heavy atom. The Morgan fingerprint density at radius 2 is 1.61 bits per heavy atom. The Morgan fingerprint density at radius 3 is 2.12 bits per heavy atom. The van der Waals surface area contributed by atoms with E-state index in [1.54, 1.807) is 17.0 Å². The first kappa shape index (κ1) is 24.3. The fourth-order valence-electron chi connectivity index (χ4n) is 3.50. The van der Waals surface area contributed by atoms with Crippen LogP contribution in [0.4, 0.5) is 16.2 Å². The Bertz CT molecular complexity index is 1060. The fraction of sp³-hybridized carbons (Fsp3) is 0.320. The van der Waals surface area contributed by atoms with Gasteiger partial charge in [-0.1, -0.05) is 31.2 Å². The summed E-state index contributed by atoms with van der Waals surface area (Å²) < 4.78 is 5.47. The third kappa shape index (κ3) is 5.90. The van der Waals surface area contributed by atoms with Gasteiger partial charge in [-0.15, -0.1) is 0 Å². The molecule has 33 heavy (non-hydrogen) atoms. The molecule has 2 aromatic carbocycles. The van der Waals surface area contributed by atoms with Crippen molar-refractivity contribution in [2.45, 2.75) is 46.3 Å². The second kappa shape index (κ2) is 10.5. The number of esters is 1. The van der Waals surface area contributed by atoms with Gasteiger partial charge >= 0.3 is 12.0 Å². The highest BCUT2D eigenvalue weighted by Gasteiger charge is 2.33. The molecule has 0 radical (unpaired) electrons. The van der Waals surface area contributed by atoms with Crippen LogP contribution >= 0.6 is 12.2 Å². The number of allylic oxidation sites excluding steroid dienone is 1. The van der Waals surface area contributed by atoms with E-state index in [0.717, 1.165) is 23.4 Å². The van der Waals surface area contributed by atoms with Crippen molar-refractivity contribution in [3.63, 3.8) is 0 Å². The highest BCUT2D eigenvalue weighted by molar-refractivity contribution is 7.80. The highest BCUT2D eigenvalue weighted by atomic mass is 32.1. The van der Waals surface area contributed by atoms with Crippen LogP contribution in [0.1, 0.15) is 44.9 Å². The Labute approximate surface area is 200 Å². The molecule has 0 aromatic heterocycles. The van der Waals surface area contributed by atoms with Crippen LogP contribution in [0.15, 0.2) is 59.8 Å². The molecule has 3 N–H and O–H groups in total. The lowest BCUT2D eigenvalue weighted by Gasteiger charge is -2.35. The van der Waals surface area contributed by atoms with E-state index in [1.807, 2.05) is 64.2 Å². The first-order valence-electron chi connectivity index (χ1n) is 10.9. The van der Waals surface area contributed by atoms with Gasteiger partial charge < -0.3 is 25.6 Å². The molecule has 1 aliphatic rings. The minimum atomic E-state index is -0.445. The zero-order chi connectivity index (χ0) is 24.1. The SMILES string of the molecule is CCc1ccc(NC(=O)Nc2ccc(C3NC(=S)N(C)C(C)=C3C(=O)OC(C)C)cc2)cc1. The van der Waals surface area contributed by atoms with E-state index < -0.39 is 6.04 Å². The van der Waals surface area contributed by atoms with E-state index in [0.29, 0.717) is 16.4 Å². The molecule has 0 saturated carbocycles. The van der Waals surface area contributed by atoms with Gasteiger partial charge in [0.25, 0.3) is 0 Å². The number of hydrogen-bond acceptors (Lipinski definition) is 4. The Balaban J connectivity index is 1.75. The van der Waals surface area contributed by atoms with Crippen molar-refractivity contribution in [1.29, 1.82) is 0 Å². The smallest absolute Gasteiger partial charge is 0.338 e. The van der Waals surface area contributed by atoms with Gasteiger partial charge in [-0.05, 0) is 74.8 Å². The Hall–Kier alpha value is -3.39. The number of rotatable bonds is 6. The van der Waals surface area contributed by atoms with Crippen LogP contribution < -0.4 is 16.0 Å². The number of thiocarbonyl (C=S) groups is 1. The number of carbonyl (C=O) groups excluding carboxylic acids is 2. The molecule has 1 aliphatic heterocycles. The molecule has 1 atom stereocenters. The van der Waals surface area contributed by atoms with E-state index in [1.165, 1.54) is 5.56 Å². The largest absolute Gasteiger partial charge is 0.459 e. The predicted molar refractivity (Wildman–Crippen MR) is 135 cm³/mol. The molecule has 174 valence electrons. The number of aryl methyl sites for hydroxylation is 1. The van der Waals surface area contributed by atoms with E-state index in [9.17, 15) is 9.59 Å². The van der Waals surface area contributed by atoms with E-state index >= 15 is 0 Å². The van der Waals surface area contributed by atoms with Crippen molar-refractivity contribution < 1.29 is 14.3 Å². The predicted octanol–water partition coefficient (Wildman–Crippen LogP) is 4.98. The van der Waals surface area contributed by atoms with Crippen LogP contribution in [0.5, 0.6) is 0 Å². The third-order valence-electron chi connectivity index (χ3n) is 5.44. The maximum absolute atomic E-state index is 12.8. The number of carbonyl (C=O) groups is 2. The molecule has 2 amide bonds. The van der Waals surface area contributed by atoms with Crippen LogP contribution in [0, 0.1) is 0 Å². The maximum atomic E-state index is 12.8. The number of anilines is 2. The maximum Gasteiger partial charge on any atom is 0.338 e. The van der Waals surface area contributed by atoms with Crippen LogP contribution in [0.2, 0.25) is 0 Å². The fourth-order valence-corrected chi connectivity index (χ4v) is 3.76. The molecule has 0 bridgehead atoms. The summed E-state index contributed by atoms with van der Waals surface area (Å²) in [6, 6.07) is 14.2. The molecule has 2 aromatic rings. The van der Waals surface area contributed by atoms with Gasteiger partial charge in [0.2, 0.25) is 0 Å². The molecule has 0 fully saturated rings. The van der Waals surface area contributed by atoms with E-state index in [4.69, 9.17) is 17.0 Å². The van der Waals surface area contributed by atoms with Gasteiger partial charge in [0, 0.05) is 24.1 Å². The van der Waals surface area contributed by atoms with Gasteiger partial charge in [-0.3, -0.25) is 0 Å². The summed E-state index contributed by atoms with van der Waals surface area (Å²) in [6.07, 6.45) is 0.710. The molecule has 8 heteroatoms. The molecular formula is C25H30N4O3S. The van der Waals surface area contributed by atoms with Gasteiger partial charge in [0.1, 0.15) is 0 Å². The number of nitrogens with zero attached hydrogens (tertiary/aromatic N) is 1. The lowest BCUT2D eigenvalue weighted by molar-refractivity contribution is -0.143. The molecule has 1 heterocycles. The third-order valence-corrected chi connectivity index (χ3v) is 5.83. The second-order valence-electron chi connectivity index (χ2n) is 8.15. The highest BCUT2D eigenvalue weighted by Crippen LogP contribution is 2.31. The zero-order valence-corrected chi connectivity index (χ0v) is 20.4. The number of nitrogens with one attached hydrogen (secondary N) is 3. The van der Waals surface area contributed by atoms with Crippen LogP contribution in [-0.2, 0) is 16.0 Å². The monoisotopic (exact) mass is 466 g/mol. The lowest BCUT2D eigenvalue weighted by Crippen LogP contribution is -2.46. The van der Waals surface area contributed by atoms with Crippen LogP contribution in [0.25, 0.3) is 0 Å². The summed E-state index contributed by atoms with van der Waals surface area (Å²) in [4.78, 5) is 26.9. The number of benzene rings is 2. The van der Waals surface area contributed by atoms with Crippen molar-refractivity contribution in [3.8, 4) is 0 Å². The summed E-state index contributed by atoms with van der Waals surface area (Å²) in [5.74, 6) is -0.384. The molecule has 0 aliphatic carbocycles. The van der Waals surface area contributed by atoms with Crippen molar-refractivity contribution in [1.82, 2.24) is 10.2 Å². The minimum absolute atomic E-state index is 0.235. The second-order valence-corrected chi connectivity index (χ2v) is 8.53. The summed E-state index contributed by atoms with van der Waals surface area (Å²) in [6.45, 7) is 7.57. The van der Waals surface area contributed by atoms with Gasteiger partial charge in [-0.2, -0.15) is 0 Å². The topological polar surface area (TPSA) is 82.7 Å². The average molecular weight is 467 g/mol. The minimum Gasteiger partial charge on any atom is -0.459 e. The van der Waals surface area contributed by atoms with Crippen LogP contribution in [-0.4, -0.2) is 35.2 Å². The Kier molecular flexibility index (Phi) is 7.71. The average Bonchev–Trinajstić information content (AvgIpc) is 2.77. The summed E-state index contributed by atoms with van der Waals surface area (Å²) in [7, 11) is 1.81. The van der Waals surface area contributed by atoms with Gasteiger partial charge in [0.15, 0.2) is 5.11 Å². The number of amides is 2. The molecule has 1 unspecified atom stereocenters. The van der Waals surface area contributed by atoms with E-state index in [2.05, 4.69) is 22.9 Å². The van der Waals surface area contributed by atoms with Crippen molar-refractivity contribution in [3.05, 3.63) is 70.9 Å². The van der Waals surface area contributed by atoms with Crippen molar-refractivity contribution >= 4 is 40.7 Å². The van der Waals surface area contributed by atoms with Crippen molar-refractivity contribution in [2.24, 2.45) is 0 Å². The quantitative estimate of drug-likeness (QED) is 0.411. The number of urea groups is 1. The molecule has 0 spiro atoms. The first-order valence-corrected chi connectivity index (χ1v) is 11.3. The standard InChI is InChI=1S/C25H30N4O3S/c1-6-17-7-11-19(12-8-17)26-24(31)27-20-13-9-18(10-14-20)22-21(23(30)32-15(2)3)16(4)29(5)25(33)28-22/h7-15,22H,6H2,1-5H3,(H,28,33)(H2,26,27,31). The summed E-state index contributed by atoms with van der Waals surface area (Å²) in [5.41, 5.74) is 4.64. The molecule has 7 nitrogen and oxygen atoms in total. The number of ether oxygens (including phenoxy) is 1. The normalized spacial score (nSPS) is 15.9. The molecule has 3 rings (SSSR count). The summed E-state index contributed by atoms with van der Waals surface area (Å²) >= 11 is 5.43. The van der Waals surface area contributed by atoms with Gasteiger partial charge in [-0.25, -0.2) is 9.59 Å².